The number of thiophene rings is 1. The molecule has 3 nitrogen and oxygen atoms in total. The molecule has 0 aliphatic carbocycles. The zero-order chi connectivity index (χ0) is 14.8. The molecule has 0 unspecified atom stereocenters. The van der Waals surface area contributed by atoms with Crippen molar-refractivity contribution < 1.29 is 22.6 Å². The van der Waals surface area contributed by atoms with Crippen molar-refractivity contribution in [3.05, 3.63) is 46.2 Å². The molecule has 8 heteroatoms. The van der Waals surface area contributed by atoms with Crippen LogP contribution in [0.4, 0.5) is 13.2 Å². The van der Waals surface area contributed by atoms with Crippen molar-refractivity contribution in [1.82, 2.24) is 0 Å². The van der Waals surface area contributed by atoms with E-state index in [2.05, 4.69) is 4.74 Å². The normalized spacial score (nSPS) is 12.4. The van der Waals surface area contributed by atoms with Gasteiger partial charge in [0.1, 0.15) is 11.5 Å². The number of benzene rings is 1. The lowest BCUT2D eigenvalue weighted by atomic mass is 10.0. The van der Waals surface area contributed by atoms with E-state index in [1.165, 1.54) is 36.6 Å². The molecule has 2 N–H and O–H groups in total. The Morgan fingerprint density at radius 1 is 1.24 bits per heavy atom. The summed E-state index contributed by atoms with van der Waals surface area (Å²) in [5.74, 6) is 0.0946. The fourth-order valence-corrected chi connectivity index (χ4v) is 2.48. The van der Waals surface area contributed by atoms with Gasteiger partial charge >= 0.3 is 6.36 Å². The molecule has 0 amide bonds. The number of hydrogen-bond donors (Lipinski definition) is 1. The number of hydrogen-bond acceptors (Lipinski definition) is 4. The predicted molar refractivity (Wildman–Crippen MR) is 77.3 cm³/mol. The van der Waals surface area contributed by atoms with Crippen LogP contribution in [-0.2, 0) is 0 Å². The van der Waals surface area contributed by atoms with E-state index >= 15 is 0 Å². The molecule has 21 heavy (non-hydrogen) atoms. The van der Waals surface area contributed by atoms with Gasteiger partial charge in [0.25, 0.3) is 0 Å². The molecule has 1 aromatic heterocycles. The van der Waals surface area contributed by atoms with Gasteiger partial charge in [0, 0.05) is 5.56 Å². The van der Waals surface area contributed by atoms with Gasteiger partial charge in [-0.05, 0) is 40.6 Å². The molecule has 0 bridgehead atoms. The van der Waals surface area contributed by atoms with E-state index in [1.807, 2.05) is 16.8 Å². The standard InChI is InChI=1S/C13H12F3NO2S.ClH/c1-18-11-3-2-9(19-13(14,15)16)6-10(11)12(17)8-4-5-20-7-8;/h2-7,12H,17H2,1H3;1H/t12-;/m0./s1. The predicted octanol–water partition coefficient (Wildman–Crippen LogP) is 4.13. The molecule has 0 radical (unpaired) electrons. The Labute approximate surface area is 129 Å². The number of ether oxygens (including phenoxy) is 2. The van der Waals surface area contributed by atoms with E-state index < -0.39 is 12.4 Å². The van der Waals surface area contributed by atoms with Crippen LogP contribution in [-0.4, -0.2) is 13.5 Å². The first-order valence-electron chi connectivity index (χ1n) is 5.62. The largest absolute Gasteiger partial charge is 0.573 e. The van der Waals surface area contributed by atoms with Crippen molar-refractivity contribution in [2.24, 2.45) is 5.73 Å². The summed E-state index contributed by atoms with van der Waals surface area (Å²) in [5, 5.41) is 3.68. The van der Waals surface area contributed by atoms with E-state index in [-0.39, 0.29) is 18.2 Å². The topological polar surface area (TPSA) is 44.5 Å². The van der Waals surface area contributed by atoms with E-state index in [9.17, 15) is 13.2 Å². The molecule has 1 heterocycles. The van der Waals surface area contributed by atoms with Crippen LogP contribution >= 0.6 is 23.7 Å². The zero-order valence-electron chi connectivity index (χ0n) is 10.9. The van der Waals surface area contributed by atoms with Crippen molar-refractivity contribution in [3.63, 3.8) is 0 Å². The van der Waals surface area contributed by atoms with E-state index in [4.69, 9.17) is 10.5 Å². The number of rotatable bonds is 4. The summed E-state index contributed by atoms with van der Waals surface area (Å²) in [6.45, 7) is 0. The van der Waals surface area contributed by atoms with Crippen LogP contribution in [0.15, 0.2) is 35.0 Å². The maximum atomic E-state index is 12.2. The lowest BCUT2D eigenvalue weighted by Crippen LogP contribution is -2.18. The molecule has 1 atom stereocenters. The second-order valence-electron chi connectivity index (χ2n) is 3.99. The SMILES string of the molecule is COc1ccc(OC(F)(F)F)cc1[C@@H](N)c1ccsc1.Cl. The van der Waals surface area contributed by atoms with Gasteiger partial charge in [0.15, 0.2) is 0 Å². The van der Waals surface area contributed by atoms with E-state index in [0.29, 0.717) is 11.3 Å². The van der Waals surface area contributed by atoms with Crippen molar-refractivity contribution in [1.29, 1.82) is 0 Å². The van der Waals surface area contributed by atoms with Gasteiger partial charge in [-0.15, -0.1) is 25.6 Å². The Balaban J connectivity index is 0.00000220. The average molecular weight is 340 g/mol. The molecule has 116 valence electrons. The van der Waals surface area contributed by atoms with Gasteiger partial charge in [0.2, 0.25) is 0 Å². The summed E-state index contributed by atoms with van der Waals surface area (Å²) in [6, 6.07) is 5.08. The summed E-state index contributed by atoms with van der Waals surface area (Å²) in [6.07, 6.45) is -4.74. The summed E-state index contributed by atoms with van der Waals surface area (Å²) in [4.78, 5) is 0. The summed E-state index contributed by atoms with van der Waals surface area (Å²) in [7, 11) is 1.43. The minimum atomic E-state index is -4.74. The van der Waals surface area contributed by atoms with Gasteiger partial charge in [-0.25, -0.2) is 0 Å². The second kappa shape index (κ2) is 7.02. The molecule has 0 saturated heterocycles. The lowest BCUT2D eigenvalue weighted by Gasteiger charge is -2.17. The molecule has 1 aromatic carbocycles. The first-order chi connectivity index (χ1) is 9.40. The number of methoxy groups -OCH3 is 1. The van der Waals surface area contributed by atoms with Gasteiger partial charge in [-0.3, -0.25) is 0 Å². The number of alkyl halides is 3. The maximum absolute atomic E-state index is 12.2. The van der Waals surface area contributed by atoms with Crippen molar-refractivity contribution in [2.45, 2.75) is 12.4 Å². The van der Waals surface area contributed by atoms with Gasteiger partial charge in [-0.1, -0.05) is 0 Å². The lowest BCUT2D eigenvalue weighted by molar-refractivity contribution is -0.274. The minimum Gasteiger partial charge on any atom is -0.496 e. The van der Waals surface area contributed by atoms with Crippen LogP contribution < -0.4 is 15.2 Å². The molecular weight excluding hydrogens is 327 g/mol. The Morgan fingerprint density at radius 2 is 1.95 bits per heavy atom. The molecule has 0 spiro atoms. The number of halogens is 4. The van der Waals surface area contributed by atoms with Crippen LogP contribution in [0, 0.1) is 0 Å². The van der Waals surface area contributed by atoms with E-state index in [0.717, 1.165) is 5.56 Å². The molecule has 0 fully saturated rings. The quantitative estimate of drug-likeness (QED) is 0.911. The Kier molecular flexibility index (Phi) is 5.88. The van der Waals surface area contributed by atoms with Crippen molar-refractivity contribution in [3.8, 4) is 11.5 Å². The summed E-state index contributed by atoms with van der Waals surface area (Å²) in [5.41, 5.74) is 7.30. The third kappa shape index (κ3) is 4.52. The summed E-state index contributed by atoms with van der Waals surface area (Å²) < 4.78 is 45.8. The Bertz CT molecular complexity index is 575. The molecule has 2 rings (SSSR count). The van der Waals surface area contributed by atoms with Crippen LogP contribution in [0.3, 0.4) is 0 Å². The average Bonchev–Trinajstić information content (AvgIpc) is 2.89. The van der Waals surface area contributed by atoms with Crippen LogP contribution in [0.2, 0.25) is 0 Å². The maximum Gasteiger partial charge on any atom is 0.573 e. The molecule has 0 aliphatic rings. The highest BCUT2D eigenvalue weighted by molar-refractivity contribution is 7.08. The fourth-order valence-electron chi connectivity index (χ4n) is 1.78. The molecule has 2 aromatic rings. The minimum absolute atomic E-state index is 0. The Morgan fingerprint density at radius 3 is 2.48 bits per heavy atom. The van der Waals surface area contributed by atoms with Crippen molar-refractivity contribution >= 4 is 23.7 Å². The van der Waals surface area contributed by atoms with Gasteiger partial charge in [-0.2, -0.15) is 11.3 Å². The highest BCUT2D eigenvalue weighted by Crippen LogP contribution is 2.34. The zero-order valence-corrected chi connectivity index (χ0v) is 12.5. The monoisotopic (exact) mass is 339 g/mol. The fraction of sp³-hybridized carbons (Fsp3) is 0.231. The van der Waals surface area contributed by atoms with Crippen LogP contribution in [0.25, 0.3) is 0 Å². The highest BCUT2D eigenvalue weighted by Gasteiger charge is 2.31. The smallest absolute Gasteiger partial charge is 0.496 e. The van der Waals surface area contributed by atoms with Gasteiger partial charge < -0.3 is 15.2 Å². The van der Waals surface area contributed by atoms with Crippen LogP contribution in [0.5, 0.6) is 11.5 Å². The summed E-state index contributed by atoms with van der Waals surface area (Å²) >= 11 is 1.46. The Hall–Kier alpha value is -1.44. The third-order valence-electron chi connectivity index (χ3n) is 2.67. The molecule has 0 aliphatic heterocycles. The van der Waals surface area contributed by atoms with Crippen LogP contribution in [0.1, 0.15) is 17.2 Å². The van der Waals surface area contributed by atoms with E-state index in [1.54, 1.807) is 0 Å². The van der Waals surface area contributed by atoms with Crippen molar-refractivity contribution in [2.75, 3.05) is 7.11 Å². The highest BCUT2D eigenvalue weighted by atomic mass is 35.5. The second-order valence-corrected chi connectivity index (χ2v) is 4.77. The first-order valence-corrected chi connectivity index (χ1v) is 6.56. The van der Waals surface area contributed by atoms with Gasteiger partial charge in [0.05, 0.1) is 13.2 Å². The molecule has 0 saturated carbocycles. The third-order valence-corrected chi connectivity index (χ3v) is 3.37. The number of nitrogens with two attached hydrogens (primary N) is 1. The first kappa shape index (κ1) is 17.6. The molecular formula is C13H13ClF3NO2S.